The molecule has 0 bridgehead atoms. The van der Waals surface area contributed by atoms with Crippen LogP contribution in [0, 0.1) is 5.41 Å². The summed E-state index contributed by atoms with van der Waals surface area (Å²) in [6, 6.07) is 10.9. The van der Waals surface area contributed by atoms with Crippen LogP contribution in [-0.4, -0.2) is 28.5 Å². The molecule has 0 atom stereocenters. The van der Waals surface area contributed by atoms with Crippen LogP contribution in [0.25, 0.3) is 11.3 Å². The fraction of sp³-hybridized carbons (Fsp3) is 0.278. The number of hydrogen-bond acceptors (Lipinski definition) is 4. The van der Waals surface area contributed by atoms with Crippen LogP contribution in [0.4, 0.5) is 5.69 Å². The van der Waals surface area contributed by atoms with E-state index in [9.17, 15) is 9.59 Å². The largest absolute Gasteiger partial charge is 0.481 e. The summed E-state index contributed by atoms with van der Waals surface area (Å²) in [7, 11) is 0. The number of aliphatic carboxylic acids is 1. The van der Waals surface area contributed by atoms with Gasteiger partial charge in [0.05, 0.1) is 22.4 Å². The minimum absolute atomic E-state index is 0.251. The molecular weight excluding hydrogens is 306 g/mol. The molecule has 0 aliphatic heterocycles. The molecule has 1 amide bonds. The molecule has 4 N–H and O–H groups in total. The topological polar surface area (TPSA) is 105 Å². The third kappa shape index (κ3) is 3.90. The summed E-state index contributed by atoms with van der Waals surface area (Å²) in [6.45, 7) is 3.49. The average molecular weight is 327 g/mol. The van der Waals surface area contributed by atoms with Gasteiger partial charge in [0.25, 0.3) is 5.91 Å². The molecule has 0 radical (unpaired) electrons. The molecule has 0 fully saturated rings. The van der Waals surface area contributed by atoms with E-state index in [1.165, 1.54) is 6.20 Å². The van der Waals surface area contributed by atoms with Crippen LogP contribution in [0.1, 0.15) is 30.6 Å². The Morgan fingerprint density at radius 2 is 1.88 bits per heavy atom. The fourth-order valence-electron chi connectivity index (χ4n) is 2.19. The highest BCUT2D eigenvalue weighted by Gasteiger charge is 2.26. The van der Waals surface area contributed by atoms with E-state index in [0.717, 1.165) is 5.56 Å². The molecule has 126 valence electrons. The highest BCUT2D eigenvalue weighted by atomic mass is 16.4. The number of carbonyl (C=O) groups is 2. The van der Waals surface area contributed by atoms with E-state index in [1.54, 1.807) is 19.9 Å². The SMILES string of the molecule is CC(C)(CCNC(=O)c1ccnc(-c2ccccc2)c1N)C(=O)O. The smallest absolute Gasteiger partial charge is 0.309 e. The molecule has 2 aromatic rings. The number of nitrogen functional groups attached to an aromatic ring is 1. The lowest BCUT2D eigenvalue weighted by atomic mass is 9.89. The molecular formula is C18H21N3O3. The number of anilines is 1. The van der Waals surface area contributed by atoms with Crippen LogP contribution in [0.5, 0.6) is 0 Å². The van der Waals surface area contributed by atoms with Gasteiger partial charge in [-0.3, -0.25) is 14.6 Å². The number of nitrogens with zero attached hydrogens (tertiary/aromatic N) is 1. The summed E-state index contributed by atoms with van der Waals surface area (Å²) in [6.07, 6.45) is 1.86. The van der Waals surface area contributed by atoms with E-state index in [0.29, 0.717) is 23.4 Å². The minimum Gasteiger partial charge on any atom is -0.481 e. The van der Waals surface area contributed by atoms with E-state index in [-0.39, 0.29) is 12.5 Å². The first kappa shape index (κ1) is 17.5. The Bertz CT molecular complexity index is 742. The molecule has 0 unspecified atom stereocenters. The molecule has 1 aromatic carbocycles. The fourth-order valence-corrected chi connectivity index (χ4v) is 2.19. The Labute approximate surface area is 140 Å². The van der Waals surface area contributed by atoms with Crippen molar-refractivity contribution in [1.82, 2.24) is 10.3 Å². The van der Waals surface area contributed by atoms with Crippen LogP contribution in [0.3, 0.4) is 0 Å². The number of carboxylic acids is 1. The minimum atomic E-state index is -0.897. The maximum absolute atomic E-state index is 12.3. The number of benzene rings is 1. The van der Waals surface area contributed by atoms with Crippen LogP contribution in [-0.2, 0) is 4.79 Å². The van der Waals surface area contributed by atoms with E-state index in [4.69, 9.17) is 10.8 Å². The molecule has 0 saturated carbocycles. The van der Waals surface area contributed by atoms with Crippen molar-refractivity contribution in [3.8, 4) is 11.3 Å². The lowest BCUT2D eigenvalue weighted by Gasteiger charge is -2.19. The summed E-state index contributed by atoms with van der Waals surface area (Å²) in [5.41, 5.74) is 7.22. The second-order valence-corrected chi connectivity index (χ2v) is 6.18. The van der Waals surface area contributed by atoms with Crippen molar-refractivity contribution < 1.29 is 14.7 Å². The van der Waals surface area contributed by atoms with Crippen molar-refractivity contribution in [3.05, 3.63) is 48.2 Å². The summed E-state index contributed by atoms with van der Waals surface area (Å²) in [5.74, 6) is -1.24. The van der Waals surface area contributed by atoms with Crippen LogP contribution >= 0.6 is 0 Å². The number of rotatable bonds is 6. The molecule has 0 spiro atoms. The van der Waals surface area contributed by atoms with E-state index in [2.05, 4.69) is 10.3 Å². The number of nitrogens with two attached hydrogens (primary N) is 1. The second kappa shape index (κ2) is 7.12. The number of carboxylic acid groups (broad SMARTS) is 1. The van der Waals surface area contributed by atoms with Crippen molar-refractivity contribution in [2.75, 3.05) is 12.3 Å². The zero-order valence-corrected chi connectivity index (χ0v) is 13.7. The van der Waals surface area contributed by atoms with Gasteiger partial charge in [-0.15, -0.1) is 0 Å². The lowest BCUT2D eigenvalue weighted by molar-refractivity contribution is -0.147. The van der Waals surface area contributed by atoms with Crippen LogP contribution in [0.15, 0.2) is 42.6 Å². The van der Waals surface area contributed by atoms with Gasteiger partial charge in [0, 0.05) is 18.3 Å². The molecule has 6 heteroatoms. The Balaban J connectivity index is 2.12. The van der Waals surface area contributed by atoms with Crippen molar-refractivity contribution in [2.45, 2.75) is 20.3 Å². The van der Waals surface area contributed by atoms with Crippen molar-refractivity contribution in [3.63, 3.8) is 0 Å². The van der Waals surface area contributed by atoms with Gasteiger partial charge >= 0.3 is 5.97 Å². The first-order valence-electron chi connectivity index (χ1n) is 7.64. The summed E-state index contributed by atoms with van der Waals surface area (Å²) < 4.78 is 0. The van der Waals surface area contributed by atoms with Gasteiger partial charge in [0.2, 0.25) is 0 Å². The van der Waals surface area contributed by atoms with Crippen molar-refractivity contribution in [1.29, 1.82) is 0 Å². The van der Waals surface area contributed by atoms with Gasteiger partial charge in [0.15, 0.2) is 0 Å². The van der Waals surface area contributed by atoms with Gasteiger partial charge in [-0.05, 0) is 26.3 Å². The first-order chi connectivity index (χ1) is 11.3. The van der Waals surface area contributed by atoms with Crippen LogP contribution in [0.2, 0.25) is 0 Å². The third-order valence-corrected chi connectivity index (χ3v) is 3.90. The van der Waals surface area contributed by atoms with Gasteiger partial charge in [-0.1, -0.05) is 30.3 Å². The number of nitrogens with one attached hydrogen (secondary N) is 1. The summed E-state index contributed by atoms with van der Waals surface area (Å²) in [5, 5.41) is 11.8. The molecule has 1 aromatic heterocycles. The van der Waals surface area contributed by atoms with Crippen molar-refractivity contribution in [2.24, 2.45) is 5.41 Å². The molecule has 0 saturated heterocycles. The monoisotopic (exact) mass is 327 g/mol. The third-order valence-electron chi connectivity index (χ3n) is 3.90. The highest BCUT2D eigenvalue weighted by Crippen LogP contribution is 2.26. The standard InChI is InChI=1S/C18H21N3O3/c1-18(2,17(23)24)9-11-21-16(22)13-8-10-20-15(14(13)19)12-6-4-3-5-7-12/h3-8,10H,9,11,19H2,1-2H3,(H,21,22)(H,23,24). The van der Waals surface area contributed by atoms with Gasteiger partial charge in [-0.25, -0.2) is 0 Å². The number of pyridine rings is 1. The van der Waals surface area contributed by atoms with Crippen molar-refractivity contribution >= 4 is 17.6 Å². The number of carbonyl (C=O) groups excluding carboxylic acids is 1. The predicted octanol–water partition coefficient (Wildman–Crippen LogP) is 2.56. The van der Waals surface area contributed by atoms with E-state index >= 15 is 0 Å². The second-order valence-electron chi connectivity index (χ2n) is 6.18. The zero-order chi connectivity index (χ0) is 17.7. The normalized spacial score (nSPS) is 11.1. The van der Waals surface area contributed by atoms with E-state index in [1.807, 2.05) is 30.3 Å². The molecule has 24 heavy (non-hydrogen) atoms. The molecule has 0 aliphatic carbocycles. The quantitative estimate of drug-likeness (QED) is 0.756. The molecule has 0 aliphatic rings. The Morgan fingerprint density at radius 3 is 2.50 bits per heavy atom. The van der Waals surface area contributed by atoms with Crippen LogP contribution < -0.4 is 11.1 Å². The molecule has 6 nitrogen and oxygen atoms in total. The molecule has 2 rings (SSSR count). The zero-order valence-electron chi connectivity index (χ0n) is 13.7. The Hall–Kier alpha value is -2.89. The highest BCUT2D eigenvalue weighted by molar-refractivity contribution is 6.01. The number of aromatic nitrogens is 1. The number of amides is 1. The van der Waals surface area contributed by atoms with Gasteiger partial charge in [0.1, 0.15) is 0 Å². The average Bonchev–Trinajstić information content (AvgIpc) is 2.55. The number of hydrogen-bond donors (Lipinski definition) is 3. The van der Waals surface area contributed by atoms with Gasteiger partial charge in [-0.2, -0.15) is 0 Å². The van der Waals surface area contributed by atoms with E-state index < -0.39 is 11.4 Å². The Kier molecular flexibility index (Phi) is 5.18. The molecule has 1 heterocycles. The first-order valence-corrected chi connectivity index (χ1v) is 7.64. The maximum Gasteiger partial charge on any atom is 0.309 e. The Morgan fingerprint density at radius 1 is 1.21 bits per heavy atom. The summed E-state index contributed by atoms with van der Waals surface area (Å²) in [4.78, 5) is 27.7. The lowest BCUT2D eigenvalue weighted by Crippen LogP contribution is -2.32. The van der Waals surface area contributed by atoms with Gasteiger partial charge < -0.3 is 16.2 Å². The predicted molar refractivity (Wildman–Crippen MR) is 92.5 cm³/mol. The maximum atomic E-state index is 12.3. The summed E-state index contributed by atoms with van der Waals surface area (Å²) >= 11 is 0.